The van der Waals surface area contributed by atoms with Crippen LogP contribution >= 0.6 is 11.3 Å². The molecule has 27 heavy (non-hydrogen) atoms. The first-order valence-corrected chi connectivity index (χ1v) is 10.3. The van der Waals surface area contributed by atoms with Crippen LogP contribution in [0.3, 0.4) is 0 Å². The molecule has 1 amide bonds. The normalized spacial score (nSPS) is 11.2. The number of amides is 1. The van der Waals surface area contributed by atoms with Crippen LogP contribution in [0.1, 0.15) is 15.2 Å². The molecule has 2 aromatic carbocycles. The second-order valence-corrected chi connectivity index (χ2v) is 8.74. The maximum atomic E-state index is 13.0. The van der Waals surface area contributed by atoms with Gasteiger partial charge in [0.1, 0.15) is 15.6 Å². The second-order valence-electron chi connectivity index (χ2n) is 5.88. The number of nitrogens with zero attached hydrogens (tertiary/aromatic N) is 1. The number of thiophene rings is 1. The minimum Gasteiger partial charge on any atom is -0.321 e. The Hall–Kier alpha value is -2.71. The van der Waals surface area contributed by atoms with Gasteiger partial charge in [-0.15, -0.1) is 11.3 Å². The lowest BCUT2D eigenvalue weighted by Gasteiger charge is -2.19. The molecular weight excluding hydrogens is 387 g/mol. The smallest absolute Gasteiger partial charge is 0.267 e. The van der Waals surface area contributed by atoms with E-state index in [0.29, 0.717) is 11.4 Å². The summed E-state index contributed by atoms with van der Waals surface area (Å²) in [6, 6.07) is 13.7. The summed E-state index contributed by atoms with van der Waals surface area (Å²) in [4.78, 5) is 12.5. The lowest BCUT2D eigenvalue weighted by molar-refractivity contribution is 0.102. The Balaban J connectivity index is 1.89. The minimum absolute atomic E-state index is 0.0679. The third-order valence-electron chi connectivity index (χ3n) is 3.97. The summed E-state index contributed by atoms with van der Waals surface area (Å²) in [6.45, 7) is 1.91. The minimum atomic E-state index is -3.91. The predicted molar refractivity (Wildman–Crippen MR) is 105 cm³/mol. The Morgan fingerprint density at radius 2 is 1.67 bits per heavy atom. The van der Waals surface area contributed by atoms with E-state index in [1.165, 1.54) is 37.4 Å². The van der Waals surface area contributed by atoms with Crippen molar-refractivity contribution in [3.8, 4) is 0 Å². The highest BCUT2D eigenvalue weighted by Gasteiger charge is 2.28. The number of hydrogen-bond acceptors (Lipinski definition) is 4. The lowest BCUT2D eigenvalue weighted by atomic mass is 10.2. The van der Waals surface area contributed by atoms with Crippen molar-refractivity contribution >= 4 is 38.6 Å². The SMILES string of the molecule is Cc1ccc(N(C)S(=O)(=O)c2ccsc2C(=O)Nc2ccc(F)cc2)cc1. The molecular formula is C19H17FN2O3S2. The maximum absolute atomic E-state index is 13.0. The maximum Gasteiger partial charge on any atom is 0.267 e. The number of carbonyl (C=O) groups is 1. The van der Waals surface area contributed by atoms with Crippen molar-refractivity contribution in [2.24, 2.45) is 0 Å². The van der Waals surface area contributed by atoms with Crippen LogP contribution in [0.25, 0.3) is 0 Å². The van der Waals surface area contributed by atoms with E-state index >= 15 is 0 Å². The molecule has 0 spiro atoms. The fourth-order valence-corrected chi connectivity index (χ4v) is 4.92. The molecule has 0 unspecified atom stereocenters. The van der Waals surface area contributed by atoms with Crippen LogP contribution in [0.15, 0.2) is 64.9 Å². The molecule has 1 aromatic heterocycles. The largest absolute Gasteiger partial charge is 0.321 e. The van der Waals surface area contributed by atoms with Gasteiger partial charge in [-0.05, 0) is 54.8 Å². The third-order valence-corrected chi connectivity index (χ3v) is 6.84. The van der Waals surface area contributed by atoms with Crippen LogP contribution in [0.5, 0.6) is 0 Å². The van der Waals surface area contributed by atoms with E-state index in [9.17, 15) is 17.6 Å². The molecule has 5 nitrogen and oxygen atoms in total. The van der Waals surface area contributed by atoms with Crippen molar-refractivity contribution in [3.63, 3.8) is 0 Å². The molecule has 3 rings (SSSR count). The Bertz CT molecular complexity index is 1060. The molecule has 0 atom stereocenters. The van der Waals surface area contributed by atoms with E-state index in [4.69, 9.17) is 0 Å². The molecule has 0 saturated carbocycles. The number of carbonyl (C=O) groups excluding carboxylic acids is 1. The Labute approximate surface area is 161 Å². The summed E-state index contributed by atoms with van der Waals surface area (Å²) in [5.41, 5.74) is 1.89. The second kappa shape index (κ2) is 7.50. The van der Waals surface area contributed by atoms with Crippen LogP contribution in [-0.4, -0.2) is 21.4 Å². The molecule has 0 fully saturated rings. The van der Waals surface area contributed by atoms with Crippen LogP contribution in [-0.2, 0) is 10.0 Å². The number of benzene rings is 2. The predicted octanol–water partition coefficient (Wildman–Crippen LogP) is 4.27. The van der Waals surface area contributed by atoms with E-state index in [0.717, 1.165) is 21.2 Å². The lowest BCUT2D eigenvalue weighted by Crippen LogP contribution is -2.28. The fraction of sp³-hybridized carbons (Fsp3) is 0.105. The number of halogens is 1. The number of anilines is 2. The van der Waals surface area contributed by atoms with E-state index in [1.54, 1.807) is 17.5 Å². The first-order chi connectivity index (χ1) is 12.8. The van der Waals surface area contributed by atoms with Crippen molar-refractivity contribution in [2.45, 2.75) is 11.8 Å². The zero-order chi connectivity index (χ0) is 19.6. The van der Waals surface area contributed by atoms with Gasteiger partial charge in [-0.3, -0.25) is 9.10 Å². The van der Waals surface area contributed by atoms with E-state index in [2.05, 4.69) is 5.32 Å². The number of hydrogen-bond donors (Lipinski definition) is 1. The highest BCUT2D eigenvalue weighted by atomic mass is 32.2. The van der Waals surface area contributed by atoms with Gasteiger partial charge < -0.3 is 5.32 Å². The first-order valence-electron chi connectivity index (χ1n) is 7.99. The summed E-state index contributed by atoms with van der Waals surface area (Å²) >= 11 is 1.03. The molecule has 140 valence electrons. The molecule has 0 bridgehead atoms. The van der Waals surface area contributed by atoms with Crippen LogP contribution in [0, 0.1) is 12.7 Å². The van der Waals surface area contributed by atoms with Gasteiger partial charge in [-0.25, -0.2) is 12.8 Å². The standard InChI is InChI=1S/C19H17FN2O3S2/c1-13-3-9-16(10-4-13)22(2)27(24,25)17-11-12-26-18(17)19(23)21-15-7-5-14(20)6-8-15/h3-12H,1-2H3,(H,21,23). The average molecular weight is 404 g/mol. The summed E-state index contributed by atoms with van der Waals surface area (Å²) in [5, 5.41) is 4.14. The van der Waals surface area contributed by atoms with Gasteiger partial charge in [0.05, 0.1) is 5.69 Å². The monoisotopic (exact) mass is 404 g/mol. The Morgan fingerprint density at radius 1 is 1.04 bits per heavy atom. The van der Waals surface area contributed by atoms with Crippen LogP contribution < -0.4 is 9.62 Å². The quantitative estimate of drug-likeness (QED) is 0.690. The molecule has 0 aliphatic heterocycles. The number of nitrogens with one attached hydrogen (secondary N) is 1. The van der Waals surface area contributed by atoms with Gasteiger partial charge >= 0.3 is 0 Å². The summed E-state index contributed by atoms with van der Waals surface area (Å²) in [5.74, 6) is -0.986. The average Bonchev–Trinajstić information content (AvgIpc) is 3.14. The third kappa shape index (κ3) is 4.01. The Kier molecular flexibility index (Phi) is 5.29. The summed E-state index contributed by atoms with van der Waals surface area (Å²) in [6.07, 6.45) is 0. The molecule has 0 saturated heterocycles. The van der Waals surface area contributed by atoms with E-state index in [1.807, 2.05) is 19.1 Å². The Morgan fingerprint density at radius 3 is 2.30 bits per heavy atom. The zero-order valence-corrected chi connectivity index (χ0v) is 16.3. The van der Waals surface area contributed by atoms with Crippen molar-refractivity contribution in [2.75, 3.05) is 16.7 Å². The van der Waals surface area contributed by atoms with Gasteiger partial charge in [0.15, 0.2) is 0 Å². The first kappa shape index (κ1) is 19.1. The zero-order valence-electron chi connectivity index (χ0n) is 14.6. The summed E-state index contributed by atoms with van der Waals surface area (Å²) in [7, 11) is -2.47. The van der Waals surface area contributed by atoms with Crippen LogP contribution in [0.2, 0.25) is 0 Å². The summed E-state index contributed by atoms with van der Waals surface area (Å²) < 4.78 is 40.1. The highest BCUT2D eigenvalue weighted by molar-refractivity contribution is 7.93. The van der Waals surface area contributed by atoms with E-state index < -0.39 is 21.7 Å². The fourth-order valence-electron chi connectivity index (χ4n) is 2.43. The van der Waals surface area contributed by atoms with Gasteiger partial charge in [0, 0.05) is 12.7 Å². The van der Waals surface area contributed by atoms with Crippen molar-refractivity contribution in [1.29, 1.82) is 0 Å². The molecule has 3 aromatic rings. The number of rotatable bonds is 5. The van der Waals surface area contributed by atoms with Gasteiger partial charge in [-0.2, -0.15) is 0 Å². The van der Waals surface area contributed by atoms with Gasteiger partial charge in [0.25, 0.3) is 15.9 Å². The molecule has 1 N–H and O–H groups in total. The molecule has 8 heteroatoms. The number of sulfonamides is 1. The van der Waals surface area contributed by atoms with Crippen molar-refractivity contribution in [1.82, 2.24) is 0 Å². The van der Waals surface area contributed by atoms with Gasteiger partial charge in [-0.1, -0.05) is 17.7 Å². The molecule has 0 aliphatic carbocycles. The van der Waals surface area contributed by atoms with E-state index in [-0.39, 0.29) is 9.77 Å². The van der Waals surface area contributed by atoms with Crippen LogP contribution in [0.4, 0.5) is 15.8 Å². The van der Waals surface area contributed by atoms with Gasteiger partial charge in [0.2, 0.25) is 0 Å². The van der Waals surface area contributed by atoms with Crippen molar-refractivity contribution in [3.05, 3.63) is 76.2 Å². The molecule has 0 aliphatic rings. The number of aryl methyl sites for hydroxylation is 1. The van der Waals surface area contributed by atoms with Crippen molar-refractivity contribution < 1.29 is 17.6 Å². The highest BCUT2D eigenvalue weighted by Crippen LogP contribution is 2.28. The topological polar surface area (TPSA) is 66.5 Å². The molecule has 0 radical (unpaired) electrons. The molecule has 1 heterocycles.